The number of aromatic nitrogens is 1. The van der Waals surface area contributed by atoms with Crippen LogP contribution in [0.5, 0.6) is 0 Å². The van der Waals surface area contributed by atoms with Gasteiger partial charge < -0.3 is 10.6 Å². The number of nitrogens with zero attached hydrogens (tertiary/aromatic N) is 2. The Labute approximate surface area is 116 Å². The lowest BCUT2D eigenvalue weighted by molar-refractivity contribution is 0.0786. The fourth-order valence-corrected chi connectivity index (χ4v) is 1.94. The van der Waals surface area contributed by atoms with E-state index in [-0.39, 0.29) is 5.91 Å². The maximum Gasteiger partial charge on any atom is 0.256 e. The van der Waals surface area contributed by atoms with Crippen molar-refractivity contribution >= 4 is 23.2 Å². The molecule has 5 heteroatoms. The number of carbonyl (C=O) groups excluding carboxylic acids is 1. The summed E-state index contributed by atoms with van der Waals surface area (Å²) >= 11 is 5.92. The highest BCUT2D eigenvalue weighted by Gasteiger charge is 2.16. The average Bonchev–Trinajstić information content (AvgIpc) is 2.42. The number of amides is 1. The number of benzene rings is 1. The molecular weight excluding hydrogens is 262 g/mol. The number of hydrogen-bond donors (Lipinski definition) is 1. The summed E-state index contributed by atoms with van der Waals surface area (Å²) in [4.78, 5) is 17.8. The number of nitrogen functional groups attached to an aromatic ring is 1. The minimum Gasteiger partial charge on any atom is -0.397 e. The van der Waals surface area contributed by atoms with Gasteiger partial charge in [-0.25, -0.2) is 0 Å². The second-order valence-corrected chi connectivity index (χ2v) is 4.62. The summed E-state index contributed by atoms with van der Waals surface area (Å²) in [7, 11) is 1.73. The summed E-state index contributed by atoms with van der Waals surface area (Å²) < 4.78 is 0. The lowest BCUT2D eigenvalue weighted by Gasteiger charge is -2.18. The second kappa shape index (κ2) is 5.71. The molecule has 1 aromatic heterocycles. The molecular formula is C14H14ClN3O. The first-order chi connectivity index (χ1) is 9.09. The molecule has 0 aliphatic heterocycles. The Hall–Kier alpha value is -2.07. The third-order valence-electron chi connectivity index (χ3n) is 2.80. The van der Waals surface area contributed by atoms with Crippen molar-refractivity contribution in [1.29, 1.82) is 0 Å². The molecule has 0 bridgehead atoms. The van der Waals surface area contributed by atoms with Gasteiger partial charge in [0.05, 0.1) is 16.3 Å². The van der Waals surface area contributed by atoms with Gasteiger partial charge in [-0.2, -0.15) is 0 Å². The van der Waals surface area contributed by atoms with E-state index in [0.29, 0.717) is 22.8 Å². The van der Waals surface area contributed by atoms with E-state index in [9.17, 15) is 4.79 Å². The molecule has 98 valence electrons. The first kappa shape index (κ1) is 13.4. The number of para-hydroxylation sites is 1. The zero-order valence-corrected chi connectivity index (χ0v) is 11.3. The highest BCUT2D eigenvalue weighted by Crippen LogP contribution is 2.23. The smallest absolute Gasteiger partial charge is 0.256 e. The zero-order valence-electron chi connectivity index (χ0n) is 10.5. The van der Waals surface area contributed by atoms with Gasteiger partial charge in [-0.15, -0.1) is 0 Å². The van der Waals surface area contributed by atoms with Gasteiger partial charge in [0, 0.05) is 26.0 Å². The number of halogens is 1. The van der Waals surface area contributed by atoms with Crippen molar-refractivity contribution in [3.8, 4) is 0 Å². The molecule has 2 aromatic rings. The van der Waals surface area contributed by atoms with Crippen LogP contribution in [-0.4, -0.2) is 22.8 Å². The Bertz CT molecular complexity index is 586. The lowest BCUT2D eigenvalue weighted by atomic mass is 10.1. The molecule has 0 aliphatic carbocycles. The van der Waals surface area contributed by atoms with E-state index < -0.39 is 0 Å². The van der Waals surface area contributed by atoms with Gasteiger partial charge in [0.2, 0.25) is 0 Å². The number of nitrogens with two attached hydrogens (primary N) is 1. The van der Waals surface area contributed by atoms with Crippen LogP contribution < -0.4 is 5.73 Å². The fraction of sp³-hybridized carbons (Fsp3) is 0.143. The topological polar surface area (TPSA) is 59.2 Å². The highest BCUT2D eigenvalue weighted by molar-refractivity contribution is 6.33. The molecule has 0 saturated heterocycles. The molecule has 1 aromatic carbocycles. The molecule has 2 N–H and O–H groups in total. The molecule has 19 heavy (non-hydrogen) atoms. The zero-order chi connectivity index (χ0) is 13.8. The molecule has 1 amide bonds. The van der Waals surface area contributed by atoms with E-state index in [4.69, 9.17) is 17.3 Å². The molecule has 0 unspecified atom stereocenters. The molecule has 0 saturated carbocycles. The maximum atomic E-state index is 12.3. The molecule has 0 aliphatic rings. The largest absolute Gasteiger partial charge is 0.397 e. The third-order valence-corrected chi connectivity index (χ3v) is 3.13. The van der Waals surface area contributed by atoms with Crippen LogP contribution in [0.4, 0.5) is 5.69 Å². The van der Waals surface area contributed by atoms with Gasteiger partial charge in [-0.05, 0) is 29.8 Å². The van der Waals surface area contributed by atoms with Crippen LogP contribution in [0.2, 0.25) is 5.02 Å². The third kappa shape index (κ3) is 3.03. The molecule has 0 radical (unpaired) electrons. The summed E-state index contributed by atoms with van der Waals surface area (Å²) in [5, 5.41) is 0.392. The SMILES string of the molecule is CN(Cc1ccncc1)C(=O)c1cccc(Cl)c1N. The van der Waals surface area contributed by atoms with Crippen molar-refractivity contribution in [1.82, 2.24) is 9.88 Å². The Morgan fingerprint density at radius 3 is 2.68 bits per heavy atom. The van der Waals surface area contributed by atoms with Gasteiger partial charge >= 0.3 is 0 Å². The van der Waals surface area contributed by atoms with E-state index in [1.54, 1.807) is 42.5 Å². The van der Waals surface area contributed by atoms with Crippen LogP contribution in [0.1, 0.15) is 15.9 Å². The van der Waals surface area contributed by atoms with Gasteiger partial charge in [0.25, 0.3) is 5.91 Å². The number of anilines is 1. The highest BCUT2D eigenvalue weighted by atomic mass is 35.5. The van der Waals surface area contributed by atoms with E-state index >= 15 is 0 Å². The van der Waals surface area contributed by atoms with Gasteiger partial charge in [0.1, 0.15) is 0 Å². The summed E-state index contributed by atoms with van der Waals surface area (Å²) in [5.41, 5.74) is 7.57. The Kier molecular flexibility index (Phi) is 4.02. The minimum atomic E-state index is -0.156. The van der Waals surface area contributed by atoms with Crippen molar-refractivity contribution in [2.24, 2.45) is 0 Å². The van der Waals surface area contributed by atoms with Gasteiger partial charge in [-0.3, -0.25) is 9.78 Å². The number of rotatable bonds is 3. The predicted octanol–water partition coefficient (Wildman–Crippen LogP) is 2.59. The molecule has 0 spiro atoms. The number of carbonyl (C=O) groups is 1. The summed E-state index contributed by atoms with van der Waals surface area (Å²) in [5.74, 6) is -0.156. The van der Waals surface area contributed by atoms with Crippen LogP contribution in [0.15, 0.2) is 42.7 Å². The quantitative estimate of drug-likeness (QED) is 0.876. The average molecular weight is 276 g/mol. The van der Waals surface area contributed by atoms with E-state index in [1.807, 2.05) is 12.1 Å². The van der Waals surface area contributed by atoms with Crippen LogP contribution in [-0.2, 0) is 6.54 Å². The van der Waals surface area contributed by atoms with Crippen molar-refractivity contribution in [3.05, 3.63) is 58.9 Å². The molecule has 1 heterocycles. The monoisotopic (exact) mass is 275 g/mol. The molecule has 0 atom stereocenters. The fourth-order valence-electron chi connectivity index (χ4n) is 1.76. The van der Waals surface area contributed by atoms with Crippen molar-refractivity contribution in [2.75, 3.05) is 12.8 Å². The van der Waals surface area contributed by atoms with E-state index in [0.717, 1.165) is 5.56 Å². The normalized spacial score (nSPS) is 10.2. The summed E-state index contributed by atoms with van der Waals surface area (Å²) in [6.45, 7) is 0.493. The van der Waals surface area contributed by atoms with Crippen LogP contribution >= 0.6 is 11.6 Å². The predicted molar refractivity (Wildman–Crippen MR) is 75.9 cm³/mol. The van der Waals surface area contributed by atoms with Gasteiger partial charge in [0.15, 0.2) is 0 Å². The van der Waals surface area contributed by atoms with Crippen LogP contribution in [0, 0.1) is 0 Å². The Morgan fingerprint density at radius 1 is 1.32 bits per heavy atom. The van der Waals surface area contributed by atoms with Crippen molar-refractivity contribution < 1.29 is 4.79 Å². The van der Waals surface area contributed by atoms with Crippen molar-refractivity contribution in [3.63, 3.8) is 0 Å². The standard InChI is InChI=1S/C14H14ClN3O/c1-18(9-10-5-7-17-8-6-10)14(19)11-3-2-4-12(15)13(11)16/h2-8H,9,16H2,1H3. The van der Waals surface area contributed by atoms with Crippen molar-refractivity contribution in [2.45, 2.75) is 6.54 Å². The summed E-state index contributed by atoms with van der Waals surface area (Å²) in [6.07, 6.45) is 3.39. The van der Waals surface area contributed by atoms with Gasteiger partial charge in [-0.1, -0.05) is 17.7 Å². The molecule has 4 nitrogen and oxygen atoms in total. The van der Waals surface area contributed by atoms with E-state index in [1.165, 1.54) is 0 Å². The lowest BCUT2D eigenvalue weighted by Crippen LogP contribution is -2.27. The minimum absolute atomic E-state index is 0.156. The summed E-state index contributed by atoms with van der Waals surface area (Å²) in [6, 6.07) is 8.78. The van der Waals surface area contributed by atoms with Crippen LogP contribution in [0.3, 0.4) is 0 Å². The Balaban J connectivity index is 2.18. The Morgan fingerprint density at radius 2 is 2.00 bits per heavy atom. The molecule has 2 rings (SSSR count). The van der Waals surface area contributed by atoms with E-state index in [2.05, 4.69) is 4.98 Å². The first-order valence-electron chi connectivity index (χ1n) is 5.78. The number of hydrogen-bond acceptors (Lipinski definition) is 3. The second-order valence-electron chi connectivity index (χ2n) is 4.22. The number of pyridine rings is 1. The first-order valence-corrected chi connectivity index (χ1v) is 6.15. The molecule has 0 fully saturated rings. The van der Waals surface area contributed by atoms with Crippen LogP contribution in [0.25, 0.3) is 0 Å². The maximum absolute atomic E-state index is 12.3.